The average Bonchev–Trinajstić information content (AvgIpc) is 2.39. The molecule has 1 heteroatoms. The van der Waals surface area contributed by atoms with Gasteiger partial charge in [-0.1, -0.05) is 52.4 Å². The Kier molecular flexibility index (Phi) is 7.92. The van der Waals surface area contributed by atoms with Crippen LogP contribution in [0.1, 0.15) is 78.6 Å². The lowest BCUT2D eigenvalue weighted by molar-refractivity contribution is 0.267. The standard InChI is InChI=1S/C16H33N/c1-4-6-10-15(5-2)13-17-14(3)16-11-8-7-9-12-16/h14-17H,4-13H2,1-3H3/t14-,15?/m1/s1. The van der Waals surface area contributed by atoms with Gasteiger partial charge in [0.2, 0.25) is 0 Å². The highest BCUT2D eigenvalue weighted by molar-refractivity contribution is 4.76. The predicted molar refractivity (Wildman–Crippen MR) is 77.3 cm³/mol. The van der Waals surface area contributed by atoms with Gasteiger partial charge in [0.25, 0.3) is 0 Å². The molecule has 17 heavy (non-hydrogen) atoms. The molecule has 102 valence electrons. The third-order valence-corrected chi connectivity index (χ3v) is 4.63. The molecule has 0 radical (unpaired) electrons. The zero-order chi connectivity index (χ0) is 12.5. The van der Waals surface area contributed by atoms with Crippen molar-refractivity contribution in [3.63, 3.8) is 0 Å². The molecule has 1 rings (SSSR count). The van der Waals surface area contributed by atoms with Crippen molar-refractivity contribution in [1.29, 1.82) is 0 Å². The van der Waals surface area contributed by atoms with Crippen molar-refractivity contribution in [2.75, 3.05) is 6.54 Å². The van der Waals surface area contributed by atoms with Crippen LogP contribution in [0.3, 0.4) is 0 Å². The van der Waals surface area contributed by atoms with Gasteiger partial charge in [-0.05, 0) is 44.6 Å². The molecular formula is C16H33N. The summed E-state index contributed by atoms with van der Waals surface area (Å²) in [6.07, 6.45) is 12.8. The van der Waals surface area contributed by atoms with Gasteiger partial charge >= 0.3 is 0 Å². The van der Waals surface area contributed by atoms with Gasteiger partial charge < -0.3 is 5.32 Å². The summed E-state index contributed by atoms with van der Waals surface area (Å²) in [5.41, 5.74) is 0. The van der Waals surface area contributed by atoms with Crippen molar-refractivity contribution < 1.29 is 0 Å². The number of hydrogen-bond donors (Lipinski definition) is 1. The monoisotopic (exact) mass is 239 g/mol. The Hall–Kier alpha value is -0.0400. The van der Waals surface area contributed by atoms with Crippen molar-refractivity contribution in [2.24, 2.45) is 11.8 Å². The molecule has 1 unspecified atom stereocenters. The summed E-state index contributed by atoms with van der Waals surface area (Å²) in [5, 5.41) is 3.81. The van der Waals surface area contributed by atoms with E-state index in [1.165, 1.54) is 64.3 Å². The van der Waals surface area contributed by atoms with E-state index in [4.69, 9.17) is 0 Å². The maximum absolute atomic E-state index is 3.81. The molecule has 0 aromatic rings. The molecule has 0 heterocycles. The Balaban J connectivity index is 2.17. The lowest BCUT2D eigenvalue weighted by Crippen LogP contribution is -2.37. The van der Waals surface area contributed by atoms with Crippen LogP contribution >= 0.6 is 0 Å². The van der Waals surface area contributed by atoms with Gasteiger partial charge in [0, 0.05) is 6.04 Å². The van der Waals surface area contributed by atoms with Crippen LogP contribution in [0.15, 0.2) is 0 Å². The summed E-state index contributed by atoms with van der Waals surface area (Å²) in [4.78, 5) is 0. The summed E-state index contributed by atoms with van der Waals surface area (Å²) >= 11 is 0. The highest BCUT2D eigenvalue weighted by Crippen LogP contribution is 2.26. The topological polar surface area (TPSA) is 12.0 Å². The first-order chi connectivity index (χ1) is 8.27. The molecule has 2 atom stereocenters. The van der Waals surface area contributed by atoms with Gasteiger partial charge in [-0.15, -0.1) is 0 Å². The van der Waals surface area contributed by atoms with Crippen molar-refractivity contribution >= 4 is 0 Å². The fourth-order valence-electron chi connectivity index (χ4n) is 3.10. The number of nitrogens with one attached hydrogen (secondary N) is 1. The summed E-state index contributed by atoms with van der Waals surface area (Å²) in [7, 11) is 0. The van der Waals surface area contributed by atoms with E-state index in [1.54, 1.807) is 0 Å². The van der Waals surface area contributed by atoms with E-state index in [-0.39, 0.29) is 0 Å². The molecule has 0 aliphatic heterocycles. The van der Waals surface area contributed by atoms with Crippen LogP contribution in [-0.2, 0) is 0 Å². The molecule has 1 nitrogen and oxygen atoms in total. The minimum Gasteiger partial charge on any atom is -0.314 e. The third kappa shape index (κ3) is 5.90. The highest BCUT2D eigenvalue weighted by atomic mass is 14.9. The molecule has 0 spiro atoms. The van der Waals surface area contributed by atoms with Crippen LogP contribution in [0.25, 0.3) is 0 Å². The second-order valence-electron chi connectivity index (χ2n) is 6.01. The number of rotatable bonds is 8. The minimum absolute atomic E-state index is 0.742. The van der Waals surface area contributed by atoms with Crippen molar-refractivity contribution in [1.82, 2.24) is 5.32 Å². The molecule has 1 aliphatic carbocycles. The normalized spacial score (nSPS) is 21.4. The Labute approximate surface area is 109 Å². The van der Waals surface area contributed by atoms with Crippen molar-refractivity contribution in [3.8, 4) is 0 Å². The van der Waals surface area contributed by atoms with Crippen LogP contribution in [0.4, 0.5) is 0 Å². The lowest BCUT2D eigenvalue weighted by Gasteiger charge is -2.29. The van der Waals surface area contributed by atoms with E-state index in [1.807, 2.05) is 0 Å². The smallest absolute Gasteiger partial charge is 0.00671 e. The van der Waals surface area contributed by atoms with Crippen LogP contribution in [-0.4, -0.2) is 12.6 Å². The Bertz CT molecular complexity index is 172. The Morgan fingerprint density at radius 3 is 2.41 bits per heavy atom. The van der Waals surface area contributed by atoms with Crippen LogP contribution < -0.4 is 5.32 Å². The molecule has 1 saturated carbocycles. The predicted octanol–water partition coefficient (Wildman–Crippen LogP) is 4.76. The quantitative estimate of drug-likeness (QED) is 0.644. The first-order valence-electron chi connectivity index (χ1n) is 8.01. The molecule has 0 bridgehead atoms. The average molecular weight is 239 g/mol. The van der Waals surface area contributed by atoms with Crippen molar-refractivity contribution in [2.45, 2.75) is 84.6 Å². The summed E-state index contributed by atoms with van der Waals surface area (Å²) in [5.74, 6) is 1.86. The molecule has 0 aromatic carbocycles. The van der Waals surface area contributed by atoms with Crippen LogP contribution in [0, 0.1) is 11.8 Å². The Morgan fingerprint density at radius 1 is 1.12 bits per heavy atom. The molecule has 1 aliphatic rings. The van der Waals surface area contributed by atoms with E-state index in [2.05, 4.69) is 26.1 Å². The van der Waals surface area contributed by atoms with E-state index in [0.717, 1.165) is 17.9 Å². The van der Waals surface area contributed by atoms with Gasteiger partial charge in [-0.25, -0.2) is 0 Å². The molecule has 0 amide bonds. The second-order valence-corrected chi connectivity index (χ2v) is 6.01. The van der Waals surface area contributed by atoms with Gasteiger partial charge in [0.1, 0.15) is 0 Å². The van der Waals surface area contributed by atoms with Gasteiger partial charge in [-0.2, -0.15) is 0 Å². The summed E-state index contributed by atoms with van der Waals surface area (Å²) in [6.45, 7) is 8.29. The van der Waals surface area contributed by atoms with E-state index < -0.39 is 0 Å². The zero-order valence-electron chi connectivity index (χ0n) is 12.3. The third-order valence-electron chi connectivity index (χ3n) is 4.63. The molecule has 0 aromatic heterocycles. The zero-order valence-corrected chi connectivity index (χ0v) is 12.3. The fourth-order valence-corrected chi connectivity index (χ4v) is 3.10. The first kappa shape index (κ1) is 15.0. The van der Waals surface area contributed by atoms with E-state index in [0.29, 0.717) is 0 Å². The lowest BCUT2D eigenvalue weighted by atomic mass is 9.84. The minimum atomic E-state index is 0.742. The van der Waals surface area contributed by atoms with Crippen LogP contribution in [0.5, 0.6) is 0 Å². The van der Waals surface area contributed by atoms with Crippen molar-refractivity contribution in [3.05, 3.63) is 0 Å². The van der Waals surface area contributed by atoms with Gasteiger partial charge in [-0.3, -0.25) is 0 Å². The second kappa shape index (κ2) is 8.97. The molecular weight excluding hydrogens is 206 g/mol. The molecule has 0 saturated heterocycles. The largest absolute Gasteiger partial charge is 0.314 e. The van der Waals surface area contributed by atoms with Gasteiger partial charge in [0.15, 0.2) is 0 Å². The molecule has 1 N–H and O–H groups in total. The summed E-state index contributed by atoms with van der Waals surface area (Å²) in [6, 6.07) is 0.742. The number of hydrogen-bond acceptors (Lipinski definition) is 1. The maximum atomic E-state index is 3.81. The maximum Gasteiger partial charge on any atom is 0.00671 e. The van der Waals surface area contributed by atoms with E-state index in [9.17, 15) is 0 Å². The fraction of sp³-hybridized carbons (Fsp3) is 1.00. The highest BCUT2D eigenvalue weighted by Gasteiger charge is 2.20. The Morgan fingerprint density at radius 2 is 1.82 bits per heavy atom. The van der Waals surface area contributed by atoms with Gasteiger partial charge in [0.05, 0.1) is 0 Å². The first-order valence-corrected chi connectivity index (χ1v) is 8.01. The summed E-state index contributed by atoms with van der Waals surface area (Å²) < 4.78 is 0. The van der Waals surface area contributed by atoms with E-state index >= 15 is 0 Å². The SMILES string of the molecule is CCCCC(CC)CN[C@H](C)C1CCCCC1. The molecule has 1 fully saturated rings. The number of unbranched alkanes of at least 4 members (excludes halogenated alkanes) is 1. The van der Waals surface area contributed by atoms with Crippen LogP contribution in [0.2, 0.25) is 0 Å².